The Labute approximate surface area is 185 Å². The summed E-state index contributed by atoms with van der Waals surface area (Å²) in [7, 11) is 0. The summed E-state index contributed by atoms with van der Waals surface area (Å²) >= 11 is 0. The number of fused-ring (bicyclic) bond motifs is 6. The molecule has 0 bridgehead atoms. The van der Waals surface area contributed by atoms with Crippen molar-refractivity contribution in [2.45, 2.75) is 13.0 Å². The summed E-state index contributed by atoms with van der Waals surface area (Å²) in [5.74, 6) is -0.318. The molecule has 0 atom stereocenters. The predicted octanol–water partition coefficient (Wildman–Crippen LogP) is 4.81. The number of ketones is 2. The average molecular weight is 417 g/mol. The van der Waals surface area contributed by atoms with Crippen molar-refractivity contribution in [1.82, 2.24) is 4.90 Å². The Morgan fingerprint density at radius 2 is 1.41 bits per heavy atom. The summed E-state index contributed by atoms with van der Waals surface area (Å²) in [6, 6.07) is 24.2. The van der Waals surface area contributed by atoms with Gasteiger partial charge in [-0.25, -0.2) is 0 Å². The molecule has 0 saturated carbocycles. The standard InChI is InChI=1S/C28H19NO3/c30-26-22-13-11-18-14-15-29(28(32)19-7-2-1-3-8-19)16-23(18)25(22)27(31)21-12-10-17-6-4-5-9-20(17)24(21)26/h1-13H,14-16H2. The highest BCUT2D eigenvalue weighted by Gasteiger charge is 2.35. The van der Waals surface area contributed by atoms with Gasteiger partial charge in [-0.05, 0) is 52.6 Å². The molecule has 154 valence electrons. The number of rotatable bonds is 1. The molecule has 4 aromatic carbocycles. The molecule has 0 spiro atoms. The topological polar surface area (TPSA) is 54.5 Å². The fourth-order valence-electron chi connectivity index (χ4n) is 4.99. The van der Waals surface area contributed by atoms with Gasteiger partial charge in [0.1, 0.15) is 0 Å². The van der Waals surface area contributed by atoms with Crippen LogP contribution in [0.2, 0.25) is 0 Å². The van der Waals surface area contributed by atoms with Crippen LogP contribution in [0.1, 0.15) is 53.3 Å². The van der Waals surface area contributed by atoms with E-state index >= 15 is 0 Å². The Kier molecular flexibility index (Phi) is 4.08. The van der Waals surface area contributed by atoms with Crippen molar-refractivity contribution in [3.8, 4) is 0 Å². The maximum absolute atomic E-state index is 13.7. The summed E-state index contributed by atoms with van der Waals surface area (Å²) in [5, 5.41) is 1.74. The minimum absolute atomic E-state index is 0.0603. The quantitative estimate of drug-likeness (QED) is 0.393. The molecule has 1 aliphatic carbocycles. The van der Waals surface area contributed by atoms with E-state index in [2.05, 4.69) is 0 Å². The van der Waals surface area contributed by atoms with Crippen molar-refractivity contribution in [1.29, 1.82) is 0 Å². The fraction of sp³-hybridized carbons (Fsp3) is 0.107. The fourth-order valence-corrected chi connectivity index (χ4v) is 4.99. The van der Waals surface area contributed by atoms with Crippen LogP contribution < -0.4 is 0 Å². The molecule has 0 aromatic heterocycles. The molecule has 6 rings (SSSR count). The molecular weight excluding hydrogens is 398 g/mol. The van der Waals surface area contributed by atoms with E-state index in [1.807, 2.05) is 54.6 Å². The Bertz CT molecular complexity index is 1450. The van der Waals surface area contributed by atoms with Gasteiger partial charge in [-0.1, -0.05) is 54.6 Å². The van der Waals surface area contributed by atoms with Crippen molar-refractivity contribution < 1.29 is 14.4 Å². The minimum Gasteiger partial charge on any atom is -0.334 e. The molecule has 1 amide bonds. The lowest BCUT2D eigenvalue weighted by Crippen LogP contribution is -2.37. The zero-order valence-electron chi connectivity index (χ0n) is 17.3. The van der Waals surface area contributed by atoms with Crippen molar-refractivity contribution in [2.75, 3.05) is 6.54 Å². The molecule has 4 nitrogen and oxygen atoms in total. The molecular formula is C28H19NO3. The summed E-state index contributed by atoms with van der Waals surface area (Å²) in [6.45, 7) is 0.914. The summed E-state index contributed by atoms with van der Waals surface area (Å²) in [6.07, 6.45) is 0.660. The first-order valence-electron chi connectivity index (χ1n) is 10.7. The third-order valence-corrected chi connectivity index (χ3v) is 6.59. The third kappa shape index (κ3) is 2.66. The van der Waals surface area contributed by atoms with Crippen LogP contribution in [0.3, 0.4) is 0 Å². The lowest BCUT2D eigenvalue weighted by atomic mass is 9.77. The van der Waals surface area contributed by atoms with E-state index in [0.29, 0.717) is 47.3 Å². The van der Waals surface area contributed by atoms with Gasteiger partial charge in [-0.2, -0.15) is 0 Å². The molecule has 0 fully saturated rings. The van der Waals surface area contributed by atoms with Crippen LogP contribution in [0.4, 0.5) is 0 Å². The molecule has 4 aromatic rings. The first-order chi connectivity index (χ1) is 15.6. The molecule has 1 heterocycles. The maximum atomic E-state index is 13.7. The number of benzene rings is 4. The van der Waals surface area contributed by atoms with Gasteiger partial charge in [0.25, 0.3) is 5.91 Å². The lowest BCUT2D eigenvalue weighted by Gasteiger charge is -2.32. The van der Waals surface area contributed by atoms with Crippen molar-refractivity contribution in [3.05, 3.63) is 118 Å². The minimum atomic E-state index is -0.133. The molecule has 1 aliphatic heterocycles. The second kappa shape index (κ2) is 6.99. The number of carbonyl (C=O) groups excluding carboxylic acids is 3. The molecule has 0 radical (unpaired) electrons. The number of hydrogen-bond donors (Lipinski definition) is 0. The Hall–Kier alpha value is -4.05. The molecule has 0 unspecified atom stereocenters. The van der Waals surface area contributed by atoms with E-state index < -0.39 is 0 Å². The molecule has 32 heavy (non-hydrogen) atoms. The van der Waals surface area contributed by atoms with Gasteiger partial charge in [0.05, 0.1) is 0 Å². The highest BCUT2D eigenvalue weighted by molar-refractivity contribution is 6.32. The van der Waals surface area contributed by atoms with Crippen LogP contribution in [-0.2, 0) is 13.0 Å². The summed E-state index contributed by atoms with van der Waals surface area (Å²) < 4.78 is 0. The molecule has 4 heteroatoms. The number of nitrogens with zero attached hydrogens (tertiary/aromatic N) is 1. The van der Waals surface area contributed by atoms with Gasteiger partial charge >= 0.3 is 0 Å². The van der Waals surface area contributed by atoms with Crippen molar-refractivity contribution in [2.24, 2.45) is 0 Å². The second-order valence-electron chi connectivity index (χ2n) is 8.34. The molecule has 0 saturated heterocycles. The Balaban J connectivity index is 1.47. The van der Waals surface area contributed by atoms with Crippen LogP contribution in [0, 0.1) is 0 Å². The highest BCUT2D eigenvalue weighted by Crippen LogP contribution is 2.36. The average Bonchev–Trinajstić information content (AvgIpc) is 2.85. The van der Waals surface area contributed by atoms with E-state index in [-0.39, 0.29) is 17.5 Å². The van der Waals surface area contributed by atoms with Gasteiger partial charge in [-0.3, -0.25) is 14.4 Å². The third-order valence-electron chi connectivity index (χ3n) is 6.59. The zero-order valence-corrected chi connectivity index (χ0v) is 17.3. The van der Waals surface area contributed by atoms with Gasteiger partial charge in [0.2, 0.25) is 0 Å². The second-order valence-corrected chi connectivity index (χ2v) is 8.34. The summed E-state index contributed by atoms with van der Waals surface area (Å²) in [4.78, 5) is 42.0. The van der Waals surface area contributed by atoms with Crippen LogP contribution in [0.15, 0.2) is 78.9 Å². The first kappa shape index (κ1) is 18.7. The van der Waals surface area contributed by atoms with Crippen LogP contribution in [-0.4, -0.2) is 28.9 Å². The predicted molar refractivity (Wildman–Crippen MR) is 122 cm³/mol. The monoisotopic (exact) mass is 417 g/mol. The SMILES string of the molecule is O=C1c2ccc3ccccc3c2C(=O)c2ccc3c(c21)CN(C(=O)c1ccccc1)CC3. The Morgan fingerprint density at radius 3 is 2.25 bits per heavy atom. The van der Waals surface area contributed by atoms with E-state index in [0.717, 1.165) is 21.9 Å². The molecule has 0 N–H and O–H groups in total. The number of hydrogen-bond acceptors (Lipinski definition) is 3. The van der Waals surface area contributed by atoms with Crippen molar-refractivity contribution in [3.63, 3.8) is 0 Å². The largest absolute Gasteiger partial charge is 0.334 e. The van der Waals surface area contributed by atoms with Crippen LogP contribution in [0.25, 0.3) is 10.8 Å². The van der Waals surface area contributed by atoms with Gasteiger partial charge in [-0.15, -0.1) is 0 Å². The van der Waals surface area contributed by atoms with E-state index in [4.69, 9.17) is 0 Å². The van der Waals surface area contributed by atoms with Gasteiger partial charge < -0.3 is 4.90 Å². The summed E-state index contributed by atoms with van der Waals surface area (Å²) in [5.41, 5.74) is 4.28. The van der Waals surface area contributed by atoms with Gasteiger partial charge in [0.15, 0.2) is 11.6 Å². The van der Waals surface area contributed by atoms with Crippen LogP contribution in [0.5, 0.6) is 0 Å². The van der Waals surface area contributed by atoms with Gasteiger partial charge in [0, 0.05) is 40.9 Å². The van der Waals surface area contributed by atoms with E-state index in [1.165, 1.54) is 0 Å². The first-order valence-corrected chi connectivity index (χ1v) is 10.7. The van der Waals surface area contributed by atoms with E-state index in [1.54, 1.807) is 29.2 Å². The van der Waals surface area contributed by atoms with Crippen LogP contribution >= 0.6 is 0 Å². The smallest absolute Gasteiger partial charge is 0.254 e. The zero-order chi connectivity index (χ0) is 21.8. The number of carbonyl (C=O) groups is 3. The van der Waals surface area contributed by atoms with Crippen molar-refractivity contribution >= 4 is 28.2 Å². The maximum Gasteiger partial charge on any atom is 0.254 e. The highest BCUT2D eigenvalue weighted by atomic mass is 16.2. The molecule has 2 aliphatic rings. The lowest BCUT2D eigenvalue weighted by molar-refractivity contribution is 0.0732. The number of amides is 1. The Morgan fingerprint density at radius 1 is 0.719 bits per heavy atom. The normalized spacial score (nSPS) is 14.7. The van der Waals surface area contributed by atoms with E-state index in [9.17, 15) is 14.4 Å².